The fraction of sp³-hybridized carbons (Fsp3) is 0.938. The zero-order valence-corrected chi connectivity index (χ0v) is 15.6. The molecule has 0 amide bonds. The first-order valence-corrected chi connectivity index (χ1v) is 9.98. The van der Waals surface area contributed by atoms with Crippen molar-refractivity contribution in [3.8, 4) is 0 Å². The van der Waals surface area contributed by atoms with Crippen LogP contribution in [0.3, 0.4) is 0 Å². The average Bonchev–Trinajstić information content (AvgIpc) is 2.90. The zero-order valence-electron chi connectivity index (χ0n) is 14.8. The maximum atomic E-state index is 12.1. The van der Waals surface area contributed by atoms with Gasteiger partial charge in [0.15, 0.2) is 15.8 Å². The van der Waals surface area contributed by atoms with Gasteiger partial charge in [0.05, 0.1) is 10.5 Å². The second-order valence-corrected chi connectivity index (χ2v) is 10.2. The lowest BCUT2D eigenvalue weighted by molar-refractivity contribution is 0.283. The molecule has 0 aromatic carbocycles. The first-order chi connectivity index (χ1) is 10.2. The second-order valence-electron chi connectivity index (χ2n) is 7.34. The highest BCUT2D eigenvalue weighted by Crippen LogP contribution is 2.40. The minimum atomic E-state index is -3.09. The number of nitrogens with one attached hydrogen (secondary N) is 2. The molecule has 130 valence electrons. The van der Waals surface area contributed by atoms with Crippen molar-refractivity contribution in [2.45, 2.75) is 64.5 Å². The Labute approximate surface area is 136 Å². The number of sulfone groups is 1. The van der Waals surface area contributed by atoms with E-state index in [2.05, 4.69) is 22.5 Å². The average molecular weight is 332 g/mol. The monoisotopic (exact) mass is 331 g/mol. The van der Waals surface area contributed by atoms with Crippen molar-refractivity contribution in [1.82, 2.24) is 10.6 Å². The molecule has 0 spiro atoms. The zero-order chi connectivity index (χ0) is 16.9. The third-order valence-corrected chi connectivity index (χ3v) is 7.47. The van der Waals surface area contributed by atoms with Crippen molar-refractivity contribution in [2.24, 2.45) is 10.4 Å². The molecule has 1 aliphatic carbocycles. The van der Waals surface area contributed by atoms with Gasteiger partial charge in [0.25, 0.3) is 0 Å². The summed E-state index contributed by atoms with van der Waals surface area (Å²) >= 11 is 0. The molecule has 0 heterocycles. The van der Waals surface area contributed by atoms with E-state index in [0.29, 0.717) is 17.9 Å². The summed E-state index contributed by atoms with van der Waals surface area (Å²) in [5.41, 5.74) is 0.384. The van der Waals surface area contributed by atoms with Gasteiger partial charge >= 0.3 is 0 Å². The van der Waals surface area contributed by atoms with Crippen LogP contribution in [0.1, 0.15) is 59.8 Å². The molecular formula is C16H33N3O2S. The van der Waals surface area contributed by atoms with Crippen LogP contribution < -0.4 is 10.6 Å². The van der Waals surface area contributed by atoms with Crippen molar-refractivity contribution < 1.29 is 8.42 Å². The largest absolute Gasteiger partial charge is 0.356 e. The van der Waals surface area contributed by atoms with Crippen LogP contribution in [0.15, 0.2) is 4.99 Å². The maximum Gasteiger partial charge on any atom is 0.191 e. The first-order valence-electron chi connectivity index (χ1n) is 8.33. The predicted octanol–water partition coefficient (Wildman–Crippen LogP) is 2.34. The predicted molar refractivity (Wildman–Crippen MR) is 94.1 cm³/mol. The van der Waals surface area contributed by atoms with Crippen LogP contribution in [-0.2, 0) is 9.84 Å². The Morgan fingerprint density at radius 1 is 1.18 bits per heavy atom. The Morgan fingerprint density at radius 2 is 1.77 bits per heavy atom. The molecule has 22 heavy (non-hydrogen) atoms. The summed E-state index contributed by atoms with van der Waals surface area (Å²) < 4.78 is 23.5. The minimum absolute atomic E-state index is 0.121. The Hall–Kier alpha value is -0.780. The fourth-order valence-corrected chi connectivity index (χ4v) is 3.87. The molecule has 1 fully saturated rings. The topological polar surface area (TPSA) is 70.6 Å². The quantitative estimate of drug-likeness (QED) is 0.579. The lowest BCUT2D eigenvalue weighted by Gasteiger charge is -2.28. The normalized spacial score (nSPS) is 19.2. The molecule has 5 nitrogen and oxygen atoms in total. The highest BCUT2D eigenvalue weighted by atomic mass is 32.2. The van der Waals surface area contributed by atoms with E-state index in [0.717, 1.165) is 6.54 Å². The van der Waals surface area contributed by atoms with E-state index in [1.807, 2.05) is 0 Å². The van der Waals surface area contributed by atoms with E-state index in [1.54, 1.807) is 27.8 Å². The highest BCUT2D eigenvalue weighted by molar-refractivity contribution is 7.92. The Balaban J connectivity index is 2.44. The van der Waals surface area contributed by atoms with Gasteiger partial charge in [-0.05, 0) is 45.4 Å². The number of aliphatic imine (C=N–C) groups is 1. The number of guanidine groups is 1. The first kappa shape index (κ1) is 19.3. The summed E-state index contributed by atoms with van der Waals surface area (Å²) in [6.45, 7) is 8.76. The molecular weight excluding hydrogens is 298 g/mol. The molecule has 0 aromatic rings. The lowest BCUT2D eigenvalue weighted by Crippen LogP contribution is -2.45. The van der Waals surface area contributed by atoms with Gasteiger partial charge in [-0.15, -0.1) is 0 Å². The van der Waals surface area contributed by atoms with Crippen LogP contribution >= 0.6 is 0 Å². The van der Waals surface area contributed by atoms with Crippen molar-refractivity contribution in [3.63, 3.8) is 0 Å². The van der Waals surface area contributed by atoms with E-state index in [4.69, 9.17) is 0 Å². The van der Waals surface area contributed by atoms with Crippen LogP contribution in [0.25, 0.3) is 0 Å². The number of hydrogen-bond acceptors (Lipinski definition) is 3. The minimum Gasteiger partial charge on any atom is -0.356 e. The summed E-state index contributed by atoms with van der Waals surface area (Å²) in [7, 11) is -1.37. The van der Waals surface area contributed by atoms with Gasteiger partial charge in [-0.3, -0.25) is 4.99 Å². The van der Waals surface area contributed by atoms with Gasteiger partial charge in [-0.25, -0.2) is 8.42 Å². The number of nitrogens with zero attached hydrogens (tertiary/aromatic N) is 1. The van der Waals surface area contributed by atoms with Crippen molar-refractivity contribution >= 4 is 15.8 Å². The molecule has 0 aliphatic heterocycles. The molecule has 1 rings (SSSR count). The van der Waals surface area contributed by atoms with Crippen LogP contribution in [0, 0.1) is 5.41 Å². The SMILES string of the molecule is CCC1(CNC(=NC)NCCS(=O)(=O)C(C)(C)C)CCCC1. The summed E-state index contributed by atoms with van der Waals surface area (Å²) in [6.07, 6.45) is 6.34. The molecule has 0 saturated heterocycles. The van der Waals surface area contributed by atoms with Gasteiger partial charge in [0.2, 0.25) is 0 Å². The highest BCUT2D eigenvalue weighted by Gasteiger charge is 2.32. The molecule has 0 atom stereocenters. The van der Waals surface area contributed by atoms with E-state index in [-0.39, 0.29) is 5.75 Å². The van der Waals surface area contributed by atoms with Crippen LogP contribution in [0.5, 0.6) is 0 Å². The smallest absolute Gasteiger partial charge is 0.191 e. The number of rotatable bonds is 6. The van der Waals surface area contributed by atoms with Gasteiger partial charge in [0.1, 0.15) is 0 Å². The Bertz CT molecular complexity index is 472. The van der Waals surface area contributed by atoms with E-state index in [9.17, 15) is 8.42 Å². The molecule has 1 aliphatic rings. The third-order valence-electron chi connectivity index (χ3n) is 4.86. The standard InChI is InChI=1S/C16H33N3O2S/c1-6-16(9-7-8-10-16)13-19-14(17-5)18-11-12-22(20,21)15(2,3)4/h6-13H2,1-5H3,(H2,17,18,19). The van der Waals surface area contributed by atoms with Gasteiger partial charge < -0.3 is 10.6 Å². The molecule has 2 N–H and O–H groups in total. The molecule has 6 heteroatoms. The van der Waals surface area contributed by atoms with E-state index < -0.39 is 14.6 Å². The Morgan fingerprint density at radius 3 is 2.23 bits per heavy atom. The molecule has 1 saturated carbocycles. The summed E-state index contributed by atoms with van der Waals surface area (Å²) in [6, 6.07) is 0. The Kier molecular flexibility index (Phi) is 6.71. The van der Waals surface area contributed by atoms with Gasteiger partial charge in [0, 0.05) is 20.1 Å². The van der Waals surface area contributed by atoms with E-state index >= 15 is 0 Å². The van der Waals surface area contributed by atoms with Crippen molar-refractivity contribution in [2.75, 3.05) is 25.9 Å². The van der Waals surface area contributed by atoms with Gasteiger partial charge in [-0.1, -0.05) is 19.8 Å². The summed E-state index contributed by atoms with van der Waals surface area (Å²) in [5, 5.41) is 6.49. The number of hydrogen-bond donors (Lipinski definition) is 2. The molecule has 0 radical (unpaired) electrons. The van der Waals surface area contributed by atoms with Crippen LogP contribution in [-0.4, -0.2) is 45.0 Å². The molecule has 0 bridgehead atoms. The molecule has 0 unspecified atom stereocenters. The van der Waals surface area contributed by atoms with Crippen molar-refractivity contribution in [1.29, 1.82) is 0 Å². The van der Waals surface area contributed by atoms with Gasteiger partial charge in [-0.2, -0.15) is 0 Å². The second kappa shape index (κ2) is 7.66. The fourth-order valence-electron chi connectivity index (χ4n) is 2.88. The van der Waals surface area contributed by atoms with E-state index in [1.165, 1.54) is 32.1 Å². The van der Waals surface area contributed by atoms with Crippen LogP contribution in [0.2, 0.25) is 0 Å². The lowest BCUT2D eigenvalue weighted by atomic mass is 9.83. The summed E-state index contributed by atoms with van der Waals surface area (Å²) in [5.74, 6) is 0.819. The molecule has 0 aromatic heterocycles. The third kappa shape index (κ3) is 5.14. The van der Waals surface area contributed by atoms with Crippen LogP contribution in [0.4, 0.5) is 0 Å². The van der Waals surface area contributed by atoms with Crippen molar-refractivity contribution in [3.05, 3.63) is 0 Å². The maximum absolute atomic E-state index is 12.1. The summed E-state index contributed by atoms with van der Waals surface area (Å²) in [4.78, 5) is 4.20.